The Balaban J connectivity index is 1.73. The standard InChI is InChI=1S/C17H20ClN5O3/c18-13-4-2-1-3-12(13)11-23-15(5-7-20-23)21-17(26)22-9-8-19-16(25)14(22)6-10-24/h1-5,7,14,24H,6,8-11H2,(H,19,25)(H,21,26)/t14-/m1/s1. The summed E-state index contributed by atoms with van der Waals surface area (Å²) in [7, 11) is 0. The van der Waals surface area contributed by atoms with Crippen molar-refractivity contribution < 1.29 is 14.7 Å². The summed E-state index contributed by atoms with van der Waals surface area (Å²) in [6, 6.07) is 8.01. The molecule has 2 aromatic rings. The van der Waals surface area contributed by atoms with Crippen molar-refractivity contribution in [2.24, 2.45) is 0 Å². The topological polar surface area (TPSA) is 99.5 Å². The number of aliphatic hydroxyl groups is 1. The number of nitrogens with one attached hydrogen (secondary N) is 2. The van der Waals surface area contributed by atoms with Gasteiger partial charge >= 0.3 is 6.03 Å². The fourth-order valence-electron chi connectivity index (χ4n) is 2.90. The molecular formula is C17H20ClN5O3. The van der Waals surface area contributed by atoms with Crippen molar-refractivity contribution in [1.82, 2.24) is 20.0 Å². The molecule has 0 unspecified atom stereocenters. The highest BCUT2D eigenvalue weighted by molar-refractivity contribution is 6.31. The molecule has 0 aliphatic carbocycles. The van der Waals surface area contributed by atoms with E-state index in [9.17, 15) is 9.59 Å². The van der Waals surface area contributed by atoms with Crippen LogP contribution in [0.5, 0.6) is 0 Å². The van der Waals surface area contributed by atoms with Gasteiger partial charge in [-0.25, -0.2) is 9.48 Å². The summed E-state index contributed by atoms with van der Waals surface area (Å²) in [4.78, 5) is 26.1. The van der Waals surface area contributed by atoms with E-state index in [2.05, 4.69) is 15.7 Å². The van der Waals surface area contributed by atoms with Crippen molar-refractivity contribution in [3.8, 4) is 0 Å². The minimum Gasteiger partial charge on any atom is -0.396 e. The molecule has 0 radical (unpaired) electrons. The zero-order valence-electron chi connectivity index (χ0n) is 14.1. The van der Waals surface area contributed by atoms with E-state index in [-0.39, 0.29) is 18.9 Å². The quantitative estimate of drug-likeness (QED) is 0.731. The average molecular weight is 378 g/mol. The molecule has 0 saturated carbocycles. The first-order valence-corrected chi connectivity index (χ1v) is 8.69. The van der Waals surface area contributed by atoms with Crippen LogP contribution < -0.4 is 10.6 Å². The van der Waals surface area contributed by atoms with E-state index >= 15 is 0 Å². The molecule has 1 aromatic heterocycles. The molecule has 26 heavy (non-hydrogen) atoms. The summed E-state index contributed by atoms with van der Waals surface area (Å²) in [5.41, 5.74) is 0.879. The third-order valence-electron chi connectivity index (χ3n) is 4.22. The summed E-state index contributed by atoms with van der Waals surface area (Å²) in [5.74, 6) is 0.244. The molecule has 1 aliphatic rings. The lowest BCUT2D eigenvalue weighted by Crippen LogP contribution is -2.58. The number of urea groups is 1. The number of aromatic nitrogens is 2. The second-order valence-electron chi connectivity index (χ2n) is 5.91. The number of halogens is 1. The Kier molecular flexibility index (Phi) is 5.75. The van der Waals surface area contributed by atoms with Gasteiger partial charge < -0.3 is 15.3 Å². The third-order valence-corrected chi connectivity index (χ3v) is 4.59. The van der Waals surface area contributed by atoms with Crippen LogP contribution >= 0.6 is 11.6 Å². The lowest BCUT2D eigenvalue weighted by molar-refractivity contribution is -0.128. The Morgan fingerprint density at radius 1 is 1.38 bits per heavy atom. The fourth-order valence-corrected chi connectivity index (χ4v) is 3.10. The normalized spacial score (nSPS) is 17.1. The molecule has 1 atom stereocenters. The summed E-state index contributed by atoms with van der Waals surface area (Å²) < 4.78 is 1.63. The van der Waals surface area contributed by atoms with E-state index in [1.54, 1.807) is 23.0 Å². The van der Waals surface area contributed by atoms with Crippen LogP contribution in [0, 0.1) is 0 Å². The van der Waals surface area contributed by atoms with Crippen LogP contribution in [0.25, 0.3) is 0 Å². The number of anilines is 1. The minimum atomic E-state index is -0.686. The maximum atomic E-state index is 12.7. The summed E-state index contributed by atoms with van der Waals surface area (Å²) >= 11 is 6.19. The highest BCUT2D eigenvalue weighted by Crippen LogP contribution is 2.19. The SMILES string of the molecule is O=C1NCCN(C(=O)Nc2ccnn2Cc2ccccc2Cl)[C@@H]1CCO. The number of nitrogens with zero attached hydrogens (tertiary/aromatic N) is 3. The van der Waals surface area contributed by atoms with Gasteiger partial charge in [0.2, 0.25) is 5.91 Å². The number of hydrogen-bond acceptors (Lipinski definition) is 4. The van der Waals surface area contributed by atoms with Crippen LogP contribution in [0.15, 0.2) is 36.5 Å². The molecule has 1 fully saturated rings. The lowest BCUT2D eigenvalue weighted by Gasteiger charge is -2.34. The summed E-state index contributed by atoms with van der Waals surface area (Å²) in [6.45, 7) is 0.989. The zero-order chi connectivity index (χ0) is 18.5. The molecule has 3 N–H and O–H groups in total. The number of hydrogen-bond donors (Lipinski definition) is 3. The van der Waals surface area contributed by atoms with Crippen molar-refractivity contribution in [2.45, 2.75) is 19.0 Å². The number of piperazine rings is 1. The predicted octanol–water partition coefficient (Wildman–Crippen LogP) is 1.30. The minimum absolute atomic E-state index is 0.174. The van der Waals surface area contributed by atoms with Gasteiger partial charge in [0, 0.05) is 30.8 Å². The predicted molar refractivity (Wildman–Crippen MR) is 97.0 cm³/mol. The van der Waals surface area contributed by atoms with Crippen LogP contribution in [0.1, 0.15) is 12.0 Å². The Hall–Kier alpha value is -2.58. The van der Waals surface area contributed by atoms with E-state index in [0.29, 0.717) is 30.5 Å². The van der Waals surface area contributed by atoms with Crippen molar-refractivity contribution in [3.05, 3.63) is 47.1 Å². The first kappa shape index (κ1) is 18.2. The average Bonchev–Trinajstić information content (AvgIpc) is 3.05. The van der Waals surface area contributed by atoms with Crippen LogP contribution in [0.4, 0.5) is 10.6 Å². The van der Waals surface area contributed by atoms with E-state index in [1.165, 1.54) is 4.90 Å². The van der Waals surface area contributed by atoms with Gasteiger partial charge in [-0.3, -0.25) is 10.1 Å². The smallest absolute Gasteiger partial charge is 0.323 e. The Morgan fingerprint density at radius 3 is 2.96 bits per heavy atom. The van der Waals surface area contributed by atoms with Gasteiger partial charge in [-0.15, -0.1) is 0 Å². The number of carbonyl (C=O) groups excluding carboxylic acids is 2. The molecule has 3 rings (SSSR count). The molecule has 0 spiro atoms. The number of aliphatic hydroxyl groups excluding tert-OH is 1. The molecule has 8 nitrogen and oxygen atoms in total. The molecule has 3 amide bonds. The van der Waals surface area contributed by atoms with Crippen LogP contribution in [-0.4, -0.2) is 57.5 Å². The fraction of sp³-hybridized carbons (Fsp3) is 0.353. The molecule has 0 bridgehead atoms. The van der Waals surface area contributed by atoms with Crippen LogP contribution in [0.2, 0.25) is 5.02 Å². The molecule has 138 valence electrons. The molecule has 1 aliphatic heterocycles. The van der Waals surface area contributed by atoms with Crippen molar-refractivity contribution in [1.29, 1.82) is 0 Å². The number of carbonyl (C=O) groups is 2. The maximum Gasteiger partial charge on any atom is 0.323 e. The number of benzene rings is 1. The van der Waals surface area contributed by atoms with Crippen LogP contribution in [0.3, 0.4) is 0 Å². The Labute approximate surface area is 155 Å². The van der Waals surface area contributed by atoms with Gasteiger partial charge in [0.25, 0.3) is 0 Å². The highest BCUT2D eigenvalue weighted by atomic mass is 35.5. The number of rotatable bonds is 5. The molecule has 2 heterocycles. The zero-order valence-corrected chi connectivity index (χ0v) is 14.8. The number of amides is 3. The Morgan fingerprint density at radius 2 is 2.19 bits per heavy atom. The Bertz CT molecular complexity index is 794. The molecule has 9 heteroatoms. The summed E-state index contributed by atoms with van der Waals surface area (Å²) in [5, 5.41) is 19.5. The van der Waals surface area contributed by atoms with E-state index in [4.69, 9.17) is 16.7 Å². The van der Waals surface area contributed by atoms with Gasteiger partial charge in [0.15, 0.2) is 0 Å². The van der Waals surface area contributed by atoms with Crippen molar-refractivity contribution >= 4 is 29.4 Å². The maximum absolute atomic E-state index is 12.7. The van der Waals surface area contributed by atoms with E-state index < -0.39 is 12.1 Å². The van der Waals surface area contributed by atoms with Gasteiger partial charge in [0.1, 0.15) is 11.9 Å². The first-order valence-electron chi connectivity index (χ1n) is 8.31. The largest absolute Gasteiger partial charge is 0.396 e. The van der Waals surface area contributed by atoms with Gasteiger partial charge in [-0.2, -0.15) is 5.10 Å². The van der Waals surface area contributed by atoms with Gasteiger partial charge in [-0.05, 0) is 18.1 Å². The van der Waals surface area contributed by atoms with Crippen LogP contribution in [-0.2, 0) is 11.3 Å². The molecule has 1 saturated heterocycles. The van der Waals surface area contributed by atoms with E-state index in [0.717, 1.165) is 5.56 Å². The van der Waals surface area contributed by atoms with Gasteiger partial charge in [0.05, 0.1) is 12.7 Å². The van der Waals surface area contributed by atoms with Crippen molar-refractivity contribution in [3.63, 3.8) is 0 Å². The van der Waals surface area contributed by atoms with E-state index in [1.807, 2.05) is 18.2 Å². The summed E-state index contributed by atoms with van der Waals surface area (Å²) in [6.07, 6.45) is 1.78. The first-order chi connectivity index (χ1) is 12.6. The third kappa shape index (κ3) is 3.97. The monoisotopic (exact) mass is 377 g/mol. The highest BCUT2D eigenvalue weighted by Gasteiger charge is 2.32. The molecule has 1 aromatic carbocycles. The lowest BCUT2D eigenvalue weighted by atomic mass is 10.1. The second-order valence-corrected chi connectivity index (χ2v) is 6.32. The van der Waals surface area contributed by atoms with Crippen molar-refractivity contribution in [2.75, 3.05) is 25.0 Å². The molecular weight excluding hydrogens is 358 g/mol. The second kappa shape index (κ2) is 8.20. The van der Waals surface area contributed by atoms with Gasteiger partial charge in [-0.1, -0.05) is 29.8 Å².